The lowest BCUT2D eigenvalue weighted by molar-refractivity contribution is -0.269. The van der Waals surface area contributed by atoms with Crippen molar-refractivity contribution in [2.75, 3.05) is 33.4 Å². The summed E-state index contributed by atoms with van der Waals surface area (Å²) in [6, 6.07) is 0. The minimum atomic E-state index is -4.48. The Morgan fingerprint density at radius 2 is 1.81 bits per heavy atom. The summed E-state index contributed by atoms with van der Waals surface area (Å²) in [6.07, 6.45) is -4.13. The molecule has 3 rings (SSSR count). The topological polar surface area (TPSA) is 49.8 Å². The molecule has 0 aromatic heterocycles. The number of halogens is 3. The Bertz CT molecular complexity index is 428. The molecule has 3 heterocycles. The van der Waals surface area contributed by atoms with Gasteiger partial charge in [0.2, 0.25) is 0 Å². The highest BCUT2D eigenvalue weighted by atomic mass is 19.4. The molecule has 0 aromatic carbocycles. The van der Waals surface area contributed by atoms with Gasteiger partial charge in [0.1, 0.15) is 5.54 Å². The van der Waals surface area contributed by atoms with Crippen molar-refractivity contribution in [3.63, 3.8) is 0 Å². The molecule has 3 aliphatic heterocycles. The third-order valence-electron chi connectivity index (χ3n) is 5.63. The van der Waals surface area contributed by atoms with Gasteiger partial charge in [0.05, 0.1) is 18.6 Å². The predicted octanol–water partition coefficient (Wildman–Crippen LogP) is 1.62. The van der Waals surface area contributed by atoms with Crippen LogP contribution in [0.2, 0.25) is 0 Å². The molecule has 122 valence electrons. The van der Waals surface area contributed by atoms with E-state index in [2.05, 4.69) is 0 Å². The van der Waals surface area contributed by atoms with Gasteiger partial charge < -0.3 is 9.84 Å². The second kappa shape index (κ2) is 4.93. The van der Waals surface area contributed by atoms with E-state index in [1.807, 2.05) is 0 Å². The van der Waals surface area contributed by atoms with Crippen LogP contribution in [0.4, 0.5) is 13.2 Å². The number of Topliss-reactive ketones (excluding diaryl/α,β-unsaturated/α-hetero) is 1. The molecule has 0 radical (unpaired) electrons. The number of methoxy groups -OCH3 is 1. The number of rotatable bonds is 4. The van der Waals surface area contributed by atoms with Crippen LogP contribution in [0.25, 0.3) is 0 Å². The number of carbonyl (C=O) groups is 1. The molecule has 0 aliphatic carbocycles. The number of hydrogen-bond donors (Lipinski definition) is 1. The lowest BCUT2D eigenvalue weighted by atomic mass is 9.51. The van der Waals surface area contributed by atoms with Crippen molar-refractivity contribution in [1.29, 1.82) is 0 Å². The second-order valence-electron chi connectivity index (χ2n) is 6.64. The van der Waals surface area contributed by atoms with Crippen LogP contribution < -0.4 is 0 Å². The molecule has 4 nitrogen and oxygen atoms in total. The number of fused-ring (bicyclic) bond motifs is 3. The molecular formula is C14H22F3NO3. The highest BCUT2D eigenvalue weighted by molar-refractivity contribution is 5.96. The van der Waals surface area contributed by atoms with Crippen LogP contribution in [0.15, 0.2) is 0 Å². The molecule has 3 aliphatic rings. The van der Waals surface area contributed by atoms with Gasteiger partial charge in [-0.2, -0.15) is 13.2 Å². The van der Waals surface area contributed by atoms with Crippen LogP contribution in [0.3, 0.4) is 0 Å². The monoisotopic (exact) mass is 309 g/mol. The molecule has 3 saturated heterocycles. The highest BCUT2D eigenvalue weighted by Crippen LogP contribution is 2.60. The predicted molar refractivity (Wildman–Crippen MR) is 69.8 cm³/mol. The number of hydrogen-bond acceptors (Lipinski definition) is 4. The maximum Gasteiger partial charge on any atom is 0.394 e. The summed E-state index contributed by atoms with van der Waals surface area (Å²) in [6.45, 7) is 2.33. The summed E-state index contributed by atoms with van der Waals surface area (Å²) in [7, 11) is 1.38. The van der Waals surface area contributed by atoms with E-state index >= 15 is 0 Å². The van der Waals surface area contributed by atoms with Gasteiger partial charge in [-0.25, -0.2) is 0 Å². The summed E-state index contributed by atoms with van der Waals surface area (Å²) in [4.78, 5) is 14.7. The zero-order chi connectivity index (χ0) is 16.1. The standard InChI is InChI=1S/C14H22F3NO3/c1-11(2,14(15,16)17)12-4-6-18(7-5-12)13(8-19,9-21-3)10(12)20/h19H,4-9H2,1-3H3/t13-/m0/s1. The minimum Gasteiger partial charge on any atom is -0.394 e. The van der Waals surface area contributed by atoms with Gasteiger partial charge in [-0.05, 0) is 12.8 Å². The van der Waals surface area contributed by atoms with Crippen molar-refractivity contribution in [3.05, 3.63) is 0 Å². The van der Waals surface area contributed by atoms with Crippen LogP contribution in [0, 0.1) is 10.8 Å². The molecule has 0 unspecified atom stereocenters. The van der Waals surface area contributed by atoms with Crippen molar-refractivity contribution >= 4 is 5.78 Å². The lowest BCUT2D eigenvalue weighted by Gasteiger charge is -2.61. The van der Waals surface area contributed by atoms with Crippen molar-refractivity contribution in [2.24, 2.45) is 10.8 Å². The van der Waals surface area contributed by atoms with E-state index < -0.39 is 34.9 Å². The number of aliphatic hydroxyl groups excluding tert-OH is 1. The summed E-state index contributed by atoms with van der Waals surface area (Å²) < 4.78 is 45.6. The number of alkyl halides is 3. The van der Waals surface area contributed by atoms with Gasteiger partial charge in [0.15, 0.2) is 5.78 Å². The van der Waals surface area contributed by atoms with E-state index in [9.17, 15) is 23.1 Å². The number of carbonyl (C=O) groups excluding carboxylic acids is 1. The first-order valence-corrected chi connectivity index (χ1v) is 7.05. The lowest BCUT2D eigenvalue weighted by Crippen LogP contribution is -2.76. The largest absolute Gasteiger partial charge is 0.394 e. The zero-order valence-electron chi connectivity index (χ0n) is 12.6. The van der Waals surface area contributed by atoms with Crippen molar-refractivity contribution < 1.29 is 27.8 Å². The van der Waals surface area contributed by atoms with Crippen LogP contribution in [-0.2, 0) is 9.53 Å². The minimum absolute atomic E-state index is 0.0853. The number of piperidine rings is 3. The Labute approximate surface area is 122 Å². The highest BCUT2D eigenvalue weighted by Gasteiger charge is 2.71. The Kier molecular flexibility index (Phi) is 3.92. The molecule has 0 aromatic rings. The van der Waals surface area contributed by atoms with E-state index in [0.717, 1.165) is 13.8 Å². The zero-order valence-corrected chi connectivity index (χ0v) is 12.6. The Morgan fingerprint density at radius 1 is 1.29 bits per heavy atom. The summed E-state index contributed by atoms with van der Waals surface area (Å²) >= 11 is 0. The van der Waals surface area contributed by atoms with Gasteiger partial charge >= 0.3 is 6.18 Å². The van der Waals surface area contributed by atoms with Gasteiger partial charge in [0, 0.05) is 25.6 Å². The molecule has 0 spiro atoms. The van der Waals surface area contributed by atoms with Crippen LogP contribution in [-0.4, -0.2) is 60.9 Å². The quantitative estimate of drug-likeness (QED) is 0.857. The Hall–Kier alpha value is -0.660. The van der Waals surface area contributed by atoms with E-state index in [0.29, 0.717) is 13.1 Å². The first kappa shape index (κ1) is 16.7. The first-order valence-electron chi connectivity index (χ1n) is 7.05. The van der Waals surface area contributed by atoms with Crippen molar-refractivity contribution in [3.8, 4) is 0 Å². The Morgan fingerprint density at radius 3 is 2.19 bits per heavy atom. The maximum absolute atomic E-state index is 13.5. The van der Waals surface area contributed by atoms with E-state index in [-0.39, 0.29) is 19.4 Å². The fourth-order valence-electron chi connectivity index (χ4n) is 3.93. The SMILES string of the molecule is COC[C@@]1(CO)C(=O)C2(C(C)(C)C(F)(F)F)CCN1CC2. The smallest absolute Gasteiger partial charge is 0.394 e. The normalized spacial score (nSPS) is 37.1. The van der Waals surface area contributed by atoms with Gasteiger partial charge in [-0.1, -0.05) is 13.8 Å². The van der Waals surface area contributed by atoms with Gasteiger partial charge in [-0.15, -0.1) is 0 Å². The molecule has 0 saturated carbocycles. The molecule has 21 heavy (non-hydrogen) atoms. The van der Waals surface area contributed by atoms with Gasteiger partial charge in [-0.3, -0.25) is 9.69 Å². The molecule has 3 fully saturated rings. The van der Waals surface area contributed by atoms with Gasteiger partial charge in [0.25, 0.3) is 0 Å². The number of ketones is 1. The number of aliphatic hydroxyl groups is 1. The molecule has 2 bridgehead atoms. The van der Waals surface area contributed by atoms with Crippen molar-refractivity contribution in [2.45, 2.75) is 38.4 Å². The van der Waals surface area contributed by atoms with E-state index in [1.54, 1.807) is 4.90 Å². The molecule has 7 heteroatoms. The molecule has 1 atom stereocenters. The van der Waals surface area contributed by atoms with Crippen LogP contribution >= 0.6 is 0 Å². The summed E-state index contributed by atoms with van der Waals surface area (Å²) in [5.74, 6) is -0.529. The van der Waals surface area contributed by atoms with E-state index in [4.69, 9.17) is 4.74 Å². The third kappa shape index (κ3) is 1.97. The van der Waals surface area contributed by atoms with Crippen LogP contribution in [0.1, 0.15) is 26.7 Å². The fraction of sp³-hybridized carbons (Fsp3) is 0.929. The molecule has 1 N–H and O–H groups in total. The average Bonchev–Trinajstić information content (AvgIpc) is 2.42. The maximum atomic E-state index is 13.5. The number of ether oxygens (including phenoxy) is 1. The number of nitrogens with zero attached hydrogens (tertiary/aromatic N) is 1. The van der Waals surface area contributed by atoms with E-state index in [1.165, 1.54) is 7.11 Å². The fourth-order valence-corrected chi connectivity index (χ4v) is 3.93. The summed E-state index contributed by atoms with van der Waals surface area (Å²) in [5, 5.41) is 9.72. The third-order valence-corrected chi connectivity index (χ3v) is 5.63. The second-order valence-corrected chi connectivity index (χ2v) is 6.64. The average molecular weight is 309 g/mol. The first-order chi connectivity index (χ1) is 9.59. The molecule has 0 amide bonds. The Balaban J connectivity index is 2.52. The summed E-state index contributed by atoms with van der Waals surface area (Å²) in [5.41, 5.74) is -4.95. The van der Waals surface area contributed by atoms with Crippen molar-refractivity contribution in [1.82, 2.24) is 4.90 Å². The molecular weight excluding hydrogens is 287 g/mol. The van der Waals surface area contributed by atoms with Crippen LogP contribution in [0.5, 0.6) is 0 Å².